The number of carbonyl (C=O) groups excluding carboxylic acids is 2. The maximum absolute atomic E-state index is 11.7. The molecule has 0 amide bonds. The van der Waals surface area contributed by atoms with Gasteiger partial charge in [-0.05, 0) is 20.8 Å². The fourth-order valence-electron chi connectivity index (χ4n) is 1.40. The lowest BCUT2D eigenvalue weighted by atomic mass is 10.3. The number of esters is 2. The molecule has 1 aromatic heterocycles. The van der Waals surface area contributed by atoms with E-state index in [2.05, 4.69) is 10.3 Å². The SMILES string of the molecule is CCOC(=O)C(=CNc1cnc(C)n1C)C(=O)OCC. The van der Waals surface area contributed by atoms with Crippen LogP contribution in [0.15, 0.2) is 18.0 Å². The van der Waals surface area contributed by atoms with E-state index in [0.717, 1.165) is 5.82 Å². The van der Waals surface area contributed by atoms with E-state index >= 15 is 0 Å². The van der Waals surface area contributed by atoms with E-state index < -0.39 is 11.9 Å². The van der Waals surface area contributed by atoms with Gasteiger partial charge in [-0.1, -0.05) is 0 Å². The van der Waals surface area contributed by atoms with Gasteiger partial charge >= 0.3 is 11.9 Å². The standard InChI is InChI=1S/C13H19N3O4/c1-5-19-12(17)10(13(18)20-6-2)7-15-11-8-14-9(3)16(11)4/h7-8,15H,5-6H2,1-4H3. The summed E-state index contributed by atoms with van der Waals surface area (Å²) in [6.07, 6.45) is 2.87. The molecule has 1 rings (SSSR count). The summed E-state index contributed by atoms with van der Waals surface area (Å²) in [5, 5.41) is 2.85. The van der Waals surface area contributed by atoms with Crippen LogP contribution in [0.3, 0.4) is 0 Å². The smallest absolute Gasteiger partial charge is 0.347 e. The van der Waals surface area contributed by atoms with Crippen molar-refractivity contribution >= 4 is 17.8 Å². The number of hydrogen-bond acceptors (Lipinski definition) is 6. The van der Waals surface area contributed by atoms with E-state index in [9.17, 15) is 9.59 Å². The Morgan fingerprint density at radius 2 is 1.85 bits per heavy atom. The molecule has 7 nitrogen and oxygen atoms in total. The van der Waals surface area contributed by atoms with Crippen LogP contribution in [0.2, 0.25) is 0 Å². The quantitative estimate of drug-likeness (QED) is 0.364. The van der Waals surface area contributed by atoms with Gasteiger partial charge in [0.05, 0.1) is 19.4 Å². The average molecular weight is 281 g/mol. The van der Waals surface area contributed by atoms with Gasteiger partial charge in [0, 0.05) is 13.2 Å². The number of carbonyl (C=O) groups is 2. The highest BCUT2D eigenvalue weighted by atomic mass is 16.6. The predicted molar refractivity (Wildman–Crippen MR) is 72.9 cm³/mol. The number of anilines is 1. The number of nitrogens with one attached hydrogen (secondary N) is 1. The third-order valence-electron chi connectivity index (χ3n) is 2.58. The van der Waals surface area contributed by atoms with Crippen LogP contribution in [0, 0.1) is 6.92 Å². The zero-order chi connectivity index (χ0) is 15.1. The second-order valence-corrected chi connectivity index (χ2v) is 3.89. The van der Waals surface area contributed by atoms with Gasteiger partial charge in [0.15, 0.2) is 5.57 Å². The molecule has 0 spiro atoms. The summed E-state index contributed by atoms with van der Waals surface area (Å²) in [5.74, 6) is -0.00185. The molecular weight excluding hydrogens is 262 g/mol. The van der Waals surface area contributed by atoms with E-state index in [1.54, 1.807) is 24.6 Å². The third kappa shape index (κ3) is 3.84. The summed E-state index contributed by atoms with van der Waals surface area (Å²) in [6, 6.07) is 0. The third-order valence-corrected chi connectivity index (χ3v) is 2.58. The number of aryl methyl sites for hydroxylation is 1. The van der Waals surface area contributed by atoms with Crippen LogP contribution in [0.5, 0.6) is 0 Å². The Hall–Kier alpha value is -2.31. The van der Waals surface area contributed by atoms with E-state index in [1.165, 1.54) is 6.20 Å². The number of aromatic nitrogens is 2. The van der Waals surface area contributed by atoms with Gasteiger partial charge in [0.25, 0.3) is 0 Å². The Balaban J connectivity index is 2.92. The number of hydrogen-bond donors (Lipinski definition) is 1. The molecule has 0 aliphatic carbocycles. The summed E-state index contributed by atoms with van der Waals surface area (Å²) in [7, 11) is 1.81. The van der Waals surface area contributed by atoms with Crippen molar-refractivity contribution in [2.75, 3.05) is 18.5 Å². The molecule has 0 unspecified atom stereocenters. The topological polar surface area (TPSA) is 82.5 Å². The minimum Gasteiger partial charge on any atom is -0.462 e. The summed E-state index contributed by atoms with van der Waals surface area (Å²) in [5.41, 5.74) is -0.187. The first kappa shape index (κ1) is 15.7. The van der Waals surface area contributed by atoms with Gasteiger partial charge in [-0.3, -0.25) is 0 Å². The fraction of sp³-hybridized carbons (Fsp3) is 0.462. The predicted octanol–water partition coefficient (Wildman–Crippen LogP) is 1.15. The molecule has 1 aromatic rings. The van der Waals surface area contributed by atoms with Crippen LogP contribution in [0.1, 0.15) is 19.7 Å². The summed E-state index contributed by atoms with van der Waals surface area (Å²) < 4.78 is 11.4. The van der Waals surface area contributed by atoms with Crippen LogP contribution < -0.4 is 5.32 Å². The van der Waals surface area contributed by atoms with E-state index in [4.69, 9.17) is 9.47 Å². The molecule has 1 N–H and O–H groups in total. The number of nitrogens with zero attached hydrogens (tertiary/aromatic N) is 2. The van der Waals surface area contributed by atoms with Crippen LogP contribution in [0.4, 0.5) is 5.82 Å². The Labute approximate surface area is 117 Å². The maximum Gasteiger partial charge on any atom is 0.347 e. The van der Waals surface area contributed by atoms with Gasteiger partial charge in [-0.25, -0.2) is 14.6 Å². The van der Waals surface area contributed by atoms with E-state index in [-0.39, 0.29) is 18.8 Å². The first-order valence-electron chi connectivity index (χ1n) is 6.30. The van der Waals surface area contributed by atoms with Gasteiger partial charge in [0.2, 0.25) is 0 Å². The van der Waals surface area contributed by atoms with Crippen LogP contribution in [0.25, 0.3) is 0 Å². The molecule has 0 atom stereocenters. The molecule has 0 aliphatic heterocycles. The molecule has 0 aliphatic rings. The first-order valence-corrected chi connectivity index (χ1v) is 6.30. The highest BCUT2D eigenvalue weighted by molar-refractivity contribution is 6.14. The lowest BCUT2D eigenvalue weighted by molar-refractivity contribution is -0.146. The lowest BCUT2D eigenvalue weighted by Crippen LogP contribution is -2.19. The summed E-state index contributed by atoms with van der Waals surface area (Å²) in [4.78, 5) is 27.5. The van der Waals surface area contributed by atoms with Crippen LogP contribution >= 0.6 is 0 Å². The van der Waals surface area contributed by atoms with Gasteiger partial charge in [-0.15, -0.1) is 0 Å². The molecular formula is C13H19N3O4. The van der Waals surface area contributed by atoms with Crippen molar-refractivity contribution in [3.05, 3.63) is 23.8 Å². The monoisotopic (exact) mass is 281 g/mol. The fourth-order valence-corrected chi connectivity index (χ4v) is 1.40. The Bertz CT molecular complexity index is 500. The van der Waals surface area contributed by atoms with Gasteiger partial charge in [0.1, 0.15) is 11.6 Å². The van der Waals surface area contributed by atoms with Crippen molar-refractivity contribution in [1.82, 2.24) is 9.55 Å². The van der Waals surface area contributed by atoms with Gasteiger partial charge in [-0.2, -0.15) is 0 Å². The molecule has 1 heterocycles. The van der Waals surface area contributed by atoms with Crippen molar-refractivity contribution in [3.8, 4) is 0 Å². The van der Waals surface area contributed by atoms with Crippen molar-refractivity contribution in [1.29, 1.82) is 0 Å². The molecule has 0 bridgehead atoms. The van der Waals surface area contributed by atoms with Crippen molar-refractivity contribution in [2.24, 2.45) is 7.05 Å². The normalized spacial score (nSPS) is 9.80. The second-order valence-electron chi connectivity index (χ2n) is 3.89. The van der Waals surface area contributed by atoms with Crippen LogP contribution in [-0.2, 0) is 26.1 Å². The lowest BCUT2D eigenvalue weighted by Gasteiger charge is -2.08. The maximum atomic E-state index is 11.7. The Kier molecular flexibility index (Phi) is 5.76. The Morgan fingerprint density at radius 1 is 1.30 bits per heavy atom. The van der Waals surface area contributed by atoms with Crippen molar-refractivity contribution in [3.63, 3.8) is 0 Å². The van der Waals surface area contributed by atoms with Gasteiger partial charge < -0.3 is 19.4 Å². The summed E-state index contributed by atoms with van der Waals surface area (Å²) in [6.45, 7) is 5.53. The minimum atomic E-state index is -0.725. The van der Waals surface area contributed by atoms with Crippen molar-refractivity contribution in [2.45, 2.75) is 20.8 Å². The molecule has 0 saturated carbocycles. The molecule has 7 heteroatoms. The highest BCUT2D eigenvalue weighted by Gasteiger charge is 2.21. The molecule has 0 saturated heterocycles. The summed E-state index contributed by atoms with van der Waals surface area (Å²) >= 11 is 0. The molecule has 20 heavy (non-hydrogen) atoms. The number of imidazole rings is 1. The van der Waals surface area contributed by atoms with Crippen molar-refractivity contribution < 1.29 is 19.1 Å². The first-order chi connectivity index (χ1) is 9.51. The highest BCUT2D eigenvalue weighted by Crippen LogP contribution is 2.10. The zero-order valence-electron chi connectivity index (χ0n) is 12.1. The Morgan fingerprint density at radius 3 is 2.25 bits per heavy atom. The average Bonchev–Trinajstić information content (AvgIpc) is 2.71. The molecule has 0 aromatic carbocycles. The molecule has 0 fully saturated rings. The second kappa shape index (κ2) is 7.32. The number of rotatable bonds is 6. The molecule has 110 valence electrons. The van der Waals surface area contributed by atoms with E-state index in [1.807, 2.05) is 14.0 Å². The minimum absolute atomic E-state index is 0.181. The van der Waals surface area contributed by atoms with E-state index in [0.29, 0.717) is 5.82 Å². The van der Waals surface area contributed by atoms with Crippen LogP contribution in [-0.4, -0.2) is 34.7 Å². The number of ether oxygens (including phenoxy) is 2. The largest absolute Gasteiger partial charge is 0.462 e. The zero-order valence-corrected chi connectivity index (χ0v) is 12.1. The molecule has 0 radical (unpaired) electrons.